The number of rotatable bonds is 4. The summed E-state index contributed by atoms with van der Waals surface area (Å²) in [5, 5.41) is 0. The summed E-state index contributed by atoms with van der Waals surface area (Å²) in [6.07, 6.45) is 2.03. The minimum atomic E-state index is -0.0702. The van der Waals surface area contributed by atoms with Gasteiger partial charge in [0.25, 0.3) is 0 Å². The highest BCUT2D eigenvalue weighted by atomic mass is 16.5. The fourth-order valence-electron chi connectivity index (χ4n) is 2.43. The maximum atomic E-state index is 6.42. The van der Waals surface area contributed by atoms with E-state index in [0.717, 1.165) is 44.8 Å². The van der Waals surface area contributed by atoms with Crippen LogP contribution >= 0.6 is 0 Å². The van der Waals surface area contributed by atoms with E-state index in [1.165, 1.54) is 5.56 Å². The van der Waals surface area contributed by atoms with Crippen molar-refractivity contribution in [3.63, 3.8) is 0 Å². The van der Waals surface area contributed by atoms with Crippen molar-refractivity contribution in [1.82, 2.24) is 4.90 Å². The van der Waals surface area contributed by atoms with Crippen LogP contribution in [-0.4, -0.2) is 30.1 Å². The van der Waals surface area contributed by atoms with Crippen molar-refractivity contribution in [2.45, 2.75) is 38.8 Å². The van der Waals surface area contributed by atoms with E-state index in [9.17, 15) is 0 Å². The molecular formula is C15H24N2O. The van der Waals surface area contributed by atoms with Crippen LogP contribution in [0.15, 0.2) is 24.3 Å². The maximum Gasteiger partial charge on any atom is 0.123 e. The summed E-state index contributed by atoms with van der Waals surface area (Å²) in [5.41, 5.74) is 7.61. The molecule has 0 saturated carbocycles. The first-order valence-corrected chi connectivity index (χ1v) is 6.89. The molecule has 0 saturated heterocycles. The molecule has 0 unspecified atom stereocenters. The minimum absolute atomic E-state index is 0.0702. The first kappa shape index (κ1) is 13.4. The Hall–Kier alpha value is -1.06. The van der Waals surface area contributed by atoms with Crippen LogP contribution in [0.25, 0.3) is 0 Å². The number of hydrogen-bond donors (Lipinski definition) is 1. The highest BCUT2D eigenvalue weighted by Crippen LogP contribution is 2.24. The Bertz CT molecular complexity index is 388. The molecule has 0 spiro atoms. The van der Waals surface area contributed by atoms with Crippen LogP contribution in [0.4, 0.5) is 0 Å². The van der Waals surface area contributed by atoms with E-state index in [4.69, 9.17) is 10.5 Å². The molecule has 2 N–H and O–H groups in total. The van der Waals surface area contributed by atoms with Gasteiger partial charge in [-0.1, -0.05) is 32.0 Å². The van der Waals surface area contributed by atoms with Gasteiger partial charge in [0, 0.05) is 30.7 Å². The zero-order valence-corrected chi connectivity index (χ0v) is 11.5. The van der Waals surface area contributed by atoms with Crippen LogP contribution in [0, 0.1) is 0 Å². The molecule has 100 valence electrons. The van der Waals surface area contributed by atoms with E-state index in [1.54, 1.807) is 0 Å². The molecule has 18 heavy (non-hydrogen) atoms. The van der Waals surface area contributed by atoms with Gasteiger partial charge in [-0.25, -0.2) is 0 Å². The highest BCUT2D eigenvalue weighted by molar-refractivity contribution is 5.33. The van der Waals surface area contributed by atoms with Crippen molar-refractivity contribution >= 4 is 0 Å². The third-order valence-corrected chi connectivity index (χ3v) is 3.98. The lowest BCUT2D eigenvalue weighted by atomic mass is 9.93. The molecule has 2 rings (SSSR count). The topological polar surface area (TPSA) is 38.5 Å². The van der Waals surface area contributed by atoms with Gasteiger partial charge in [-0.3, -0.25) is 4.90 Å². The zero-order valence-electron chi connectivity index (χ0n) is 11.5. The average Bonchev–Trinajstić information content (AvgIpc) is 2.60. The standard InChI is InChI=1S/C15H24N2O/c1-3-15(16,4-2)12-17-9-10-18-14-8-6-5-7-13(14)11-17/h5-8H,3-4,9-12,16H2,1-2H3. The molecule has 0 bridgehead atoms. The molecule has 0 atom stereocenters. The molecule has 1 aliphatic rings. The molecule has 0 radical (unpaired) electrons. The van der Waals surface area contributed by atoms with Crippen molar-refractivity contribution in [3.8, 4) is 5.75 Å². The molecule has 1 aromatic carbocycles. The van der Waals surface area contributed by atoms with Crippen molar-refractivity contribution < 1.29 is 4.74 Å². The number of ether oxygens (including phenoxy) is 1. The van der Waals surface area contributed by atoms with Gasteiger partial charge in [-0.15, -0.1) is 0 Å². The summed E-state index contributed by atoms with van der Waals surface area (Å²) in [6.45, 7) is 7.93. The number of fused-ring (bicyclic) bond motifs is 1. The molecule has 3 nitrogen and oxygen atoms in total. The normalized spacial score (nSPS) is 16.8. The van der Waals surface area contributed by atoms with Gasteiger partial charge in [0.2, 0.25) is 0 Å². The molecule has 1 aromatic rings. The Morgan fingerprint density at radius 3 is 2.72 bits per heavy atom. The van der Waals surface area contributed by atoms with Gasteiger partial charge in [-0.2, -0.15) is 0 Å². The lowest BCUT2D eigenvalue weighted by Gasteiger charge is -2.33. The largest absolute Gasteiger partial charge is 0.492 e. The third kappa shape index (κ3) is 3.03. The van der Waals surface area contributed by atoms with Gasteiger partial charge in [0.1, 0.15) is 12.4 Å². The van der Waals surface area contributed by atoms with E-state index in [0.29, 0.717) is 0 Å². The molecule has 1 aliphatic heterocycles. The second-order valence-electron chi connectivity index (χ2n) is 5.24. The lowest BCUT2D eigenvalue weighted by Crippen LogP contribution is -2.49. The Balaban J connectivity index is 2.08. The predicted molar refractivity (Wildman–Crippen MR) is 74.7 cm³/mol. The second-order valence-corrected chi connectivity index (χ2v) is 5.24. The SMILES string of the molecule is CCC(N)(CC)CN1CCOc2ccccc2C1. The Morgan fingerprint density at radius 1 is 1.28 bits per heavy atom. The van der Waals surface area contributed by atoms with Crippen molar-refractivity contribution in [3.05, 3.63) is 29.8 Å². The predicted octanol–water partition coefficient (Wildman–Crippen LogP) is 2.40. The zero-order chi connectivity index (χ0) is 13.0. The number of benzene rings is 1. The highest BCUT2D eigenvalue weighted by Gasteiger charge is 2.25. The monoisotopic (exact) mass is 248 g/mol. The Labute approximate surface area is 110 Å². The third-order valence-electron chi connectivity index (χ3n) is 3.98. The summed E-state index contributed by atoms with van der Waals surface area (Å²) in [5.74, 6) is 1.02. The van der Waals surface area contributed by atoms with Crippen LogP contribution in [0.2, 0.25) is 0 Å². The molecule has 1 heterocycles. The number of hydrogen-bond acceptors (Lipinski definition) is 3. The smallest absolute Gasteiger partial charge is 0.123 e. The molecule has 3 heteroatoms. The van der Waals surface area contributed by atoms with Crippen LogP contribution < -0.4 is 10.5 Å². The van der Waals surface area contributed by atoms with Gasteiger partial charge < -0.3 is 10.5 Å². The fourth-order valence-corrected chi connectivity index (χ4v) is 2.43. The van der Waals surface area contributed by atoms with Gasteiger partial charge in [-0.05, 0) is 18.9 Å². The fraction of sp³-hybridized carbons (Fsp3) is 0.600. The van der Waals surface area contributed by atoms with E-state index < -0.39 is 0 Å². The maximum absolute atomic E-state index is 6.42. The van der Waals surface area contributed by atoms with Crippen molar-refractivity contribution in [2.75, 3.05) is 19.7 Å². The van der Waals surface area contributed by atoms with Crippen LogP contribution in [0.3, 0.4) is 0 Å². The quantitative estimate of drug-likeness (QED) is 0.889. The summed E-state index contributed by atoms with van der Waals surface area (Å²) in [4.78, 5) is 2.42. The second kappa shape index (κ2) is 5.72. The van der Waals surface area contributed by atoms with E-state index >= 15 is 0 Å². The Morgan fingerprint density at radius 2 is 2.00 bits per heavy atom. The van der Waals surface area contributed by atoms with Crippen molar-refractivity contribution in [2.24, 2.45) is 5.73 Å². The molecule has 0 aliphatic carbocycles. The number of nitrogens with two attached hydrogens (primary N) is 1. The van der Waals surface area contributed by atoms with Gasteiger partial charge >= 0.3 is 0 Å². The van der Waals surface area contributed by atoms with E-state index in [1.807, 2.05) is 12.1 Å². The van der Waals surface area contributed by atoms with E-state index in [-0.39, 0.29) is 5.54 Å². The van der Waals surface area contributed by atoms with Gasteiger partial charge in [0.05, 0.1) is 0 Å². The molecule has 0 aromatic heterocycles. The van der Waals surface area contributed by atoms with Crippen molar-refractivity contribution in [1.29, 1.82) is 0 Å². The molecular weight excluding hydrogens is 224 g/mol. The lowest BCUT2D eigenvalue weighted by molar-refractivity contribution is 0.175. The first-order chi connectivity index (χ1) is 8.67. The Kier molecular flexibility index (Phi) is 4.25. The van der Waals surface area contributed by atoms with Crippen LogP contribution in [0.5, 0.6) is 5.75 Å². The summed E-state index contributed by atoms with van der Waals surface area (Å²) in [6, 6.07) is 8.29. The van der Waals surface area contributed by atoms with Gasteiger partial charge in [0.15, 0.2) is 0 Å². The first-order valence-electron chi connectivity index (χ1n) is 6.89. The summed E-state index contributed by atoms with van der Waals surface area (Å²) in [7, 11) is 0. The minimum Gasteiger partial charge on any atom is -0.492 e. The van der Waals surface area contributed by atoms with Crippen LogP contribution in [0.1, 0.15) is 32.3 Å². The summed E-state index contributed by atoms with van der Waals surface area (Å²) < 4.78 is 5.78. The molecule has 0 amide bonds. The molecule has 0 fully saturated rings. The average molecular weight is 248 g/mol. The number of para-hydroxylation sites is 1. The summed E-state index contributed by atoms with van der Waals surface area (Å²) >= 11 is 0. The van der Waals surface area contributed by atoms with E-state index in [2.05, 4.69) is 30.9 Å². The number of nitrogens with zero attached hydrogens (tertiary/aromatic N) is 1. The van der Waals surface area contributed by atoms with Crippen LogP contribution in [-0.2, 0) is 6.54 Å².